The van der Waals surface area contributed by atoms with Gasteiger partial charge >= 0.3 is 0 Å². The highest BCUT2D eigenvalue weighted by Gasteiger charge is 2.08. The summed E-state index contributed by atoms with van der Waals surface area (Å²) in [6.07, 6.45) is 0. The number of aliphatic hydroxyl groups is 1. The van der Waals surface area contributed by atoms with Crippen molar-refractivity contribution in [2.45, 2.75) is 20.5 Å². The van der Waals surface area contributed by atoms with Crippen LogP contribution in [-0.2, 0) is 6.61 Å². The average Bonchev–Trinajstić information content (AvgIpc) is 2.16. The Morgan fingerprint density at radius 2 is 1.86 bits per heavy atom. The molecule has 1 N–H and O–H groups in total. The van der Waals surface area contributed by atoms with Crippen molar-refractivity contribution in [3.05, 3.63) is 48.0 Å². The van der Waals surface area contributed by atoms with Gasteiger partial charge < -0.3 is 5.11 Å². The molecule has 0 heterocycles. The second-order valence-electron chi connectivity index (χ2n) is 3.56. The first-order valence-corrected chi connectivity index (χ1v) is 4.62. The number of benzene rings is 1. The van der Waals surface area contributed by atoms with Crippen LogP contribution >= 0.6 is 0 Å². The quantitative estimate of drug-likeness (QED) is 0.772. The molecule has 74 valence electrons. The van der Waals surface area contributed by atoms with Crippen molar-refractivity contribution in [3.63, 3.8) is 0 Å². The van der Waals surface area contributed by atoms with E-state index in [1.807, 2.05) is 32.0 Å². The fourth-order valence-electron chi connectivity index (χ4n) is 1.59. The topological polar surface area (TPSA) is 20.2 Å². The van der Waals surface area contributed by atoms with Crippen LogP contribution < -0.4 is 0 Å². The van der Waals surface area contributed by atoms with E-state index in [1.165, 1.54) is 0 Å². The van der Waals surface area contributed by atoms with Crippen LogP contribution in [0.15, 0.2) is 31.4 Å². The summed E-state index contributed by atoms with van der Waals surface area (Å²) in [6, 6.07) is 5.85. The fourth-order valence-corrected chi connectivity index (χ4v) is 1.59. The molecular weight excluding hydrogens is 172 g/mol. The van der Waals surface area contributed by atoms with E-state index in [2.05, 4.69) is 13.2 Å². The molecule has 0 unspecified atom stereocenters. The summed E-state index contributed by atoms with van der Waals surface area (Å²) < 4.78 is 0. The minimum absolute atomic E-state index is 0.0450. The van der Waals surface area contributed by atoms with E-state index in [0.717, 1.165) is 27.8 Å². The van der Waals surface area contributed by atoms with Crippen molar-refractivity contribution in [1.82, 2.24) is 0 Å². The van der Waals surface area contributed by atoms with E-state index in [9.17, 15) is 5.11 Å². The smallest absolute Gasteiger partial charge is 0.0687 e. The molecule has 0 aliphatic rings. The van der Waals surface area contributed by atoms with Gasteiger partial charge in [-0.15, -0.1) is 0 Å². The monoisotopic (exact) mass is 188 g/mol. The largest absolute Gasteiger partial charge is 0.392 e. The Morgan fingerprint density at radius 1 is 1.21 bits per heavy atom. The van der Waals surface area contributed by atoms with Crippen LogP contribution in [0, 0.1) is 0 Å². The van der Waals surface area contributed by atoms with Gasteiger partial charge in [-0.3, -0.25) is 0 Å². The first-order chi connectivity index (χ1) is 6.57. The maximum atomic E-state index is 9.20. The fraction of sp³-hybridized carbons (Fsp3) is 0.231. The third-order valence-corrected chi connectivity index (χ3v) is 2.21. The minimum atomic E-state index is 0.0450. The van der Waals surface area contributed by atoms with E-state index in [-0.39, 0.29) is 6.61 Å². The molecular formula is C13H16O. The van der Waals surface area contributed by atoms with E-state index in [4.69, 9.17) is 0 Å². The van der Waals surface area contributed by atoms with Crippen molar-refractivity contribution >= 4 is 11.1 Å². The van der Waals surface area contributed by atoms with E-state index in [0.29, 0.717) is 0 Å². The predicted octanol–water partition coefficient (Wildman–Crippen LogP) is 3.25. The highest BCUT2D eigenvalue weighted by atomic mass is 16.3. The molecule has 0 amide bonds. The predicted molar refractivity (Wildman–Crippen MR) is 61.8 cm³/mol. The summed E-state index contributed by atoms with van der Waals surface area (Å²) in [6.45, 7) is 11.8. The molecule has 0 saturated carbocycles. The number of rotatable bonds is 3. The SMILES string of the molecule is C=C(C)c1cccc(CO)c1C(=C)C. The summed E-state index contributed by atoms with van der Waals surface area (Å²) in [5, 5.41) is 9.20. The van der Waals surface area contributed by atoms with Gasteiger partial charge in [-0.1, -0.05) is 42.5 Å². The summed E-state index contributed by atoms with van der Waals surface area (Å²) >= 11 is 0. The number of hydrogen-bond donors (Lipinski definition) is 1. The maximum absolute atomic E-state index is 9.20. The average molecular weight is 188 g/mol. The molecule has 1 rings (SSSR count). The second kappa shape index (κ2) is 4.25. The summed E-state index contributed by atoms with van der Waals surface area (Å²) in [5.41, 5.74) is 4.98. The molecule has 14 heavy (non-hydrogen) atoms. The number of allylic oxidation sites excluding steroid dienone is 2. The van der Waals surface area contributed by atoms with Crippen LogP contribution in [0.5, 0.6) is 0 Å². The Kier molecular flexibility index (Phi) is 3.26. The molecule has 0 aliphatic heterocycles. The normalized spacial score (nSPS) is 9.93. The molecule has 0 saturated heterocycles. The van der Waals surface area contributed by atoms with Crippen molar-refractivity contribution in [1.29, 1.82) is 0 Å². The van der Waals surface area contributed by atoms with Crippen molar-refractivity contribution in [3.8, 4) is 0 Å². The van der Waals surface area contributed by atoms with Gasteiger partial charge in [0.1, 0.15) is 0 Å². The zero-order valence-electron chi connectivity index (χ0n) is 8.80. The molecule has 0 atom stereocenters. The summed E-state index contributed by atoms with van der Waals surface area (Å²) in [5.74, 6) is 0. The van der Waals surface area contributed by atoms with E-state index < -0.39 is 0 Å². The molecule has 0 spiro atoms. The lowest BCUT2D eigenvalue weighted by Gasteiger charge is -2.13. The van der Waals surface area contributed by atoms with E-state index >= 15 is 0 Å². The molecule has 1 nitrogen and oxygen atoms in total. The summed E-state index contributed by atoms with van der Waals surface area (Å²) in [7, 11) is 0. The van der Waals surface area contributed by atoms with Crippen LogP contribution in [0.4, 0.5) is 0 Å². The van der Waals surface area contributed by atoms with Gasteiger partial charge in [0, 0.05) is 0 Å². The van der Waals surface area contributed by atoms with E-state index in [1.54, 1.807) is 0 Å². The first-order valence-electron chi connectivity index (χ1n) is 4.62. The van der Waals surface area contributed by atoms with Gasteiger partial charge in [0.2, 0.25) is 0 Å². The Labute approximate surface area is 85.4 Å². The first kappa shape index (κ1) is 10.7. The molecule has 0 bridgehead atoms. The molecule has 1 aromatic rings. The molecule has 0 fully saturated rings. The lowest BCUT2D eigenvalue weighted by molar-refractivity contribution is 0.281. The van der Waals surface area contributed by atoms with Crippen molar-refractivity contribution in [2.75, 3.05) is 0 Å². The standard InChI is InChI=1S/C13H16O/c1-9(2)12-7-5-6-11(8-14)13(12)10(3)4/h5-7,14H,1,3,8H2,2,4H3. The third kappa shape index (κ3) is 1.94. The van der Waals surface area contributed by atoms with Crippen LogP contribution in [0.1, 0.15) is 30.5 Å². The Balaban J connectivity index is 3.43. The molecule has 1 aromatic carbocycles. The van der Waals surface area contributed by atoms with Crippen LogP contribution in [0.2, 0.25) is 0 Å². The maximum Gasteiger partial charge on any atom is 0.0687 e. The minimum Gasteiger partial charge on any atom is -0.392 e. The van der Waals surface area contributed by atoms with Crippen LogP contribution in [0.25, 0.3) is 11.1 Å². The highest BCUT2D eigenvalue weighted by Crippen LogP contribution is 2.26. The summed E-state index contributed by atoms with van der Waals surface area (Å²) in [4.78, 5) is 0. The Bertz CT molecular complexity index is 375. The zero-order valence-corrected chi connectivity index (χ0v) is 8.80. The molecule has 0 aliphatic carbocycles. The van der Waals surface area contributed by atoms with Gasteiger partial charge in [0.05, 0.1) is 6.61 Å². The van der Waals surface area contributed by atoms with Crippen LogP contribution in [0.3, 0.4) is 0 Å². The second-order valence-corrected chi connectivity index (χ2v) is 3.56. The Hall–Kier alpha value is -1.34. The number of aliphatic hydroxyl groups excluding tert-OH is 1. The number of hydrogen-bond acceptors (Lipinski definition) is 1. The van der Waals surface area contributed by atoms with Gasteiger partial charge in [0.15, 0.2) is 0 Å². The zero-order chi connectivity index (χ0) is 10.7. The van der Waals surface area contributed by atoms with Gasteiger partial charge in [0.25, 0.3) is 0 Å². The van der Waals surface area contributed by atoms with Gasteiger partial charge in [-0.05, 0) is 30.5 Å². The van der Waals surface area contributed by atoms with Gasteiger partial charge in [-0.2, -0.15) is 0 Å². The van der Waals surface area contributed by atoms with Crippen molar-refractivity contribution in [2.24, 2.45) is 0 Å². The lowest BCUT2D eigenvalue weighted by atomic mass is 9.93. The third-order valence-electron chi connectivity index (χ3n) is 2.21. The lowest BCUT2D eigenvalue weighted by Crippen LogP contribution is -1.96. The van der Waals surface area contributed by atoms with Gasteiger partial charge in [-0.25, -0.2) is 0 Å². The molecule has 0 radical (unpaired) electrons. The molecule has 1 heteroatoms. The Morgan fingerprint density at radius 3 is 2.29 bits per heavy atom. The van der Waals surface area contributed by atoms with Crippen molar-refractivity contribution < 1.29 is 5.11 Å². The molecule has 0 aromatic heterocycles. The van der Waals surface area contributed by atoms with Crippen LogP contribution in [-0.4, -0.2) is 5.11 Å². The highest BCUT2D eigenvalue weighted by molar-refractivity contribution is 5.78.